The lowest BCUT2D eigenvalue weighted by Gasteiger charge is -1.91. The largest absolute Gasteiger partial charge is 0.478 e. The van der Waals surface area contributed by atoms with E-state index in [0.29, 0.717) is 5.56 Å². The lowest BCUT2D eigenvalue weighted by Crippen LogP contribution is -1.91. The normalized spacial score (nSPS) is 10.8. The number of carboxylic acids is 1. The third kappa shape index (κ3) is 2.20. The molecule has 0 atom stereocenters. The van der Waals surface area contributed by atoms with Gasteiger partial charge in [0.2, 0.25) is 0 Å². The molecule has 0 radical (unpaired) electrons. The van der Waals surface area contributed by atoms with E-state index in [4.69, 9.17) is 9.52 Å². The quantitative estimate of drug-likeness (QED) is 0.787. The van der Waals surface area contributed by atoms with E-state index >= 15 is 0 Å². The van der Waals surface area contributed by atoms with Gasteiger partial charge in [-0.25, -0.2) is 9.78 Å². The molecule has 0 aromatic carbocycles. The summed E-state index contributed by atoms with van der Waals surface area (Å²) in [5.74, 6) is -0.0815. The summed E-state index contributed by atoms with van der Waals surface area (Å²) < 4.78 is 5.26. The van der Waals surface area contributed by atoms with Gasteiger partial charge in [0.05, 0.1) is 28.0 Å². The molecule has 0 spiro atoms. The third-order valence-corrected chi connectivity index (χ3v) is 4.52. The van der Waals surface area contributed by atoms with Crippen molar-refractivity contribution in [1.82, 2.24) is 4.98 Å². The van der Waals surface area contributed by atoms with E-state index < -0.39 is 5.97 Å². The Morgan fingerprint density at radius 2 is 2.21 bits per heavy atom. The molecule has 19 heavy (non-hydrogen) atoms. The Morgan fingerprint density at radius 1 is 1.37 bits per heavy atom. The van der Waals surface area contributed by atoms with Gasteiger partial charge in [-0.15, -0.1) is 22.7 Å². The van der Waals surface area contributed by atoms with Crippen LogP contribution >= 0.6 is 22.7 Å². The van der Waals surface area contributed by atoms with Crippen LogP contribution in [-0.4, -0.2) is 16.1 Å². The molecule has 0 fully saturated rings. The first-order valence-corrected chi connectivity index (χ1v) is 7.23. The minimum absolute atomic E-state index is 0.300. The molecular weight excluding hydrogens is 282 g/mol. The van der Waals surface area contributed by atoms with Crippen molar-refractivity contribution in [3.05, 3.63) is 40.5 Å². The standard InChI is InChI=1S/C13H9NO3S2/c1-7-9(2-3-17-7)12-14-10(6-19-12)11-4-8(5-18-11)13(15)16/h2-6H,1H3,(H,15,16). The Hall–Kier alpha value is -1.92. The number of carbonyl (C=O) groups is 1. The van der Waals surface area contributed by atoms with E-state index in [1.165, 1.54) is 22.7 Å². The molecule has 0 aliphatic heterocycles. The van der Waals surface area contributed by atoms with Crippen molar-refractivity contribution in [2.45, 2.75) is 6.92 Å². The molecule has 0 unspecified atom stereocenters. The molecule has 3 heterocycles. The van der Waals surface area contributed by atoms with Gasteiger partial charge in [-0.2, -0.15) is 0 Å². The van der Waals surface area contributed by atoms with Gasteiger partial charge < -0.3 is 9.52 Å². The zero-order valence-electron chi connectivity index (χ0n) is 9.91. The first-order chi connectivity index (χ1) is 9.15. The van der Waals surface area contributed by atoms with Crippen molar-refractivity contribution in [2.24, 2.45) is 0 Å². The van der Waals surface area contributed by atoms with Crippen LogP contribution in [0.4, 0.5) is 0 Å². The van der Waals surface area contributed by atoms with Crippen LogP contribution in [-0.2, 0) is 0 Å². The molecule has 0 aliphatic carbocycles. The summed E-state index contributed by atoms with van der Waals surface area (Å²) in [6.07, 6.45) is 1.64. The fraction of sp³-hybridized carbons (Fsp3) is 0.0769. The van der Waals surface area contributed by atoms with Gasteiger partial charge in [0.25, 0.3) is 0 Å². The number of aromatic nitrogens is 1. The first kappa shape index (κ1) is 12.1. The Morgan fingerprint density at radius 3 is 2.84 bits per heavy atom. The average molecular weight is 291 g/mol. The number of thiazole rings is 1. The molecule has 0 bridgehead atoms. The lowest BCUT2D eigenvalue weighted by molar-refractivity contribution is 0.0697. The molecule has 4 nitrogen and oxygen atoms in total. The zero-order valence-corrected chi connectivity index (χ0v) is 11.5. The molecule has 1 N–H and O–H groups in total. The zero-order chi connectivity index (χ0) is 13.4. The van der Waals surface area contributed by atoms with Crippen LogP contribution in [0.2, 0.25) is 0 Å². The second-order valence-corrected chi connectivity index (χ2v) is 5.70. The predicted molar refractivity (Wildman–Crippen MR) is 74.8 cm³/mol. The Bertz CT molecular complexity index is 739. The monoisotopic (exact) mass is 291 g/mol. The van der Waals surface area contributed by atoms with Crippen LogP contribution in [0.1, 0.15) is 16.1 Å². The van der Waals surface area contributed by atoms with Crippen LogP contribution in [0.3, 0.4) is 0 Å². The van der Waals surface area contributed by atoms with Crippen molar-refractivity contribution in [2.75, 3.05) is 0 Å². The summed E-state index contributed by atoms with van der Waals surface area (Å²) in [7, 11) is 0. The summed E-state index contributed by atoms with van der Waals surface area (Å²) in [5.41, 5.74) is 2.08. The fourth-order valence-corrected chi connectivity index (χ4v) is 3.51. The SMILES string of the molecule is Cc1occc1-c1nc(-c2cc(C(=O)O)cs2)cs1. The van der Waals surface area contributed by atoms with E-state index in [1.54, 1.807) is 17.7 Å². The number of aromatic carboxylic acids is 1. The minimum atomic E-state index is -0.913. The Labute approximate surface area is 117 Å². The maximum atomic E-state index is 10.9. The molecular formula is C13H9NO3S2. The van der Waals surface area contributed by atoms with Gasteiger partial charge >= 0.3 is 5.97 Å². The molecule has 0 aliphatic rings. The summed E-state index contributed by atoms with van der Waals surface area (Å²) in [4.78, 5) is 16.3. The maximum Gasteiger partial charge on any atom is 0.336 e. The predicted octanol–water partition coefficient (Wildman–Crippen LogP) is 4.14. The smallest absolute Gasteiger partial charge is 0.336 e. The van der Waals surface area contributed by atoms with Crippen molar-refractivity contribution in [3.8, 4) is 21.1 Å². The Kier molecular flexibility index (Phi) is 2.96. The van der Waals surface area contributed by atoms with Crippen LogP contribution in [0.15, 0.2) is 33.6 Å². The van der Waals surface area contributed by atoms with Gasteiger partial charge in [0.1, 0.15) is 10.8 Å². The summed E-state index contributed by atoms with van der Waals surface area (Å²) >= 11 is 2.91. The average Bonchev–Trinajstić information content (AvgIpc) is 3.07. The van der Waals surface area contributed by atoms with Gasteiger partial charge in [0.15, 0.2) is 0 Å². The van der Waals surface area contributed by atoms with Crippen LogP contribution in [0, 0.1) is 6.92 Å². The highest BCUT2D eigenvalue weighted by Crippen LogP contribution is 2.33. The summed E-state index contributed by atoms with van der Waals surface area (Å²) in [6.45, 7) is 1.89. The molecule has 0 saturated heterocycles. The van der Waals surface area contributed by atoms with Crippen molar-refractivity contribution >= 4 is 28.6 Å². The van der Waals surface area contributed by atoms with Gasteiger partial charge in [-0.3, -0.25) is 0 Å². The van der Waals surface area contributed by atoms with Gasteiger partial charge in [-0.05, 0) is 19.1 Å². The minimum Gasteiger partial charge on any atom is -0.478 e. The molecule has 3 aromatic heterocycles. The molecule has 0 saturated carbocycles. The third-order valence-electron chi connectivity index (χ3n) is 2.69. The number of rotatable bonds is 3. The number of hydrogen-bond donors (Lipinski definition) is 1. The fourth-order valence-electron chi connectivity index (χ4n) is 1.70. The highest BCUT2D eigenvalue weighted by atomic mass is 32.1. The summed E-state index contributed by atoms with van der Waals surface area (Å²) in [5, 5.41) is 13.3. The summed E-state index contributed by atoms with van der Waals surface area (Å²) in [6, 6.07) is 3.53. The van der Waals surface area contributed by atoms with Gasteiger partial charge in [0, 0.05) is 10.8 Å². The number of carboxylic acid groups (broad SMARTS) is 1. The van der Waals surface area contributed by atoms with E-state index in [0.717, 1.165) is 26.9 Å². The molecule has 3 rings (SSSR count). The number of hydrogen-bond acceptors (Lipinski definition) is 5. The van der Waals surface area contributed by atoms with Crippen molar-refractivity contribution in [3.63, 3.8) is 0 Å². The van der Waals surface area contributed by atoms with Gasteiger partial charge in [-0.1, -0.05) is 0 Å². The molecule has 3 aromatic rings. The second kappa shape index (κ2) is 4.64. The number of thiophene rings is 1. The van der Waals surface area contributed by atoms with E-state index in [9.17, 15) is 4.79 Å². The Balaban J connectivity index is 1.97. The topological polar surface area (TPSA) is 63.3 Å². The van der Waals surface area contributed by atoms with Crippen LogP contribution in [0.5, 0.6) is 0 Å². The first-order valence-electron chi connectivity index (χ1n) is 5.47. The van der Waals surface area contributed by atoms with Crippen molar-refractivity contribution < 1.29 is 14.3 Å². The molecule has 6 heteroatoms. The van der Waals surface area contributed by atoms with Crippen LogP contribution < -0.4 is 0 Å². The second-order valence-electron chi connectivity index (χ2n) is 3.93. The lowest BCUT2D eigenvalue weighted by atomic mass is 10.2. The maximum absolute atomic E-state index is 10.9. The molecule has 0 amide bonds. The number of furan rings is 1. The van der Waals surface area contributed by atoms with E-state index in [2.05, 4.69) is 4.98 Å². The van der Waals surface area contributed by atoms with E-state index in [1.807, 2.05) is 18.4 Å². The van der Waals surface area contributed by atoms with Crippen LogP contribution in [0.25, 0.3) is 21.1 Å². The van der Waals surface area contributed by atoms with E-state index in [-0.39, 0.29) is 0 Å². The highest BCUT2D eigenvalue weighted by Gasteiger charge is 2.13. The van der Waals surface area contributed by atoms with Crippen molar-refractivity contribution in [1.29, 1.82) is 0 Å². The highest BCUT2D eigenvalue weighted by molar-refractivity contribution is 7.15. The molecule has 96 valence electrons. The number of nitrogens with zero attached hydrogens (tertiary/aromatic N) is 1. The number of aryl methyl sites for hydroxylation is 1.